The molecule has 3 N–H and O–H groups in total. The zero-order valence-electron chi connectivity index (χ0n) is 12.9. The highest BCUT2D eigenvalue weighted by atomic mass is 16.5. The van der Waals surface area contributed by atoms with E-state index in [9.17, 15) is 5.11 Å². The van der Waals surface area contributed by atoms with E-state index in [1.54, 1.807) is 0 Å². The molecule has 0 heterocycles. The summed E-state index contributed by atoms with van der Waals surface area (Å²) < 4.78 is 14.8. The molecule has 0 rings (SSSR count). The first-order chi connectivity index (χ1) is 9.72. The molecule has 0 fully saturated rings. The lowest BCUT2D eigenvalue weighted by Gasteiger charge is -2.09. The third kappa shape index (κ3) is 22.9. The predicted molar refractivity (Wildman–Crippen MR) is 77.8 cm³/mol. The molecule has 1 unspecified atom stereocenters. The summed E-state index contributed by atoms with van der Waals surface area (Å²) in [4.78, 5) is 0. The van der Waals surface area contributed by atoms with Gasteiger partial charge in [0.05, 0.1) is 52.4 Å². The van der Waals surface area contributed by atoms with Crippen molar-refractivity contribution < 1.29 is 29.5 Å². The minimum absolute atomic E-state index is 0.0283. The maximum atomic E-state index is 9.20. The van der Waals surface area contributed by atoms with E-state index in [1.807, 2.05) is 6.92 Å². The average Bonchev–Trinajstić information content (AvgIpc) is 2.46. The van der Waals surface area contributed by atoms with E-state index in [0.29, 0.717) is 33.0 Å². The van der Waals surface area contributed by atoms with Crippen LogP contribution in [0.4, 0.5) is 0 Å². The molecular weight excluding hydrogens is 264 g/mol. The molecule has 0 saturated heterocycles. The van der Waals surface area contributed by atoms with Crippen molar-refractivity contribution >= 4 is 0 Å². The summed E-state index contributed by atoms with van der Waals surface area (Å²) in [6.07, 6.45) is 2.56. The summed E-state index contributed by atoms with van der Waals surface area (Å²) in [6.45, 7) is 7.14. The molecule has 124 valence electrons. The Morgan fingerprint density at radius 1 is 0.850 bits per heavy atom. The Bertz CT molecular complexity index is 151. The molecule has 0 saturated carbocycles. The van der Waals surface area contributed by atoms with Gasteiger partial charge in [0.2, 0.25) is 0 Å². The minimum Gasteiger partial charge on any atom is -0.394 e. The molecule has 6 heteroatoms. The van der Waals surface area contributed by atoms with Gasteiger partial charge in [-0.25, -0.2) is 0 Å². The van der Waals surface area contributed by atoms with Crippen LogP contribution in [-0.2, 0) is 14.2 Å². The zero-order chi connectivity index (χ0) is 15.5. The molecular formula is C14H32O6. The van der Waals surface area contributed by atoms with Crippen molar-refractivity contribution in [2.45, 2.75) is 39.2 Å². The van der Waals surface area contributed by atoms with Crippen LogP contribution in [0.5, 0.6) is 0 Å². The molecule has 6 nitrogen and oxygen atoms in total. The first kappa shape index (κ1) is 22.0. The third-order valence-electron chi connectivity index (χ3n) is 2.25. The molecule has 0 bridgehead atoms. The standard InChI is InChI=1S/C8H18O3.C6H14O3/c1-2-3-4-8(10)7-11-6-5-9;1-2-8-5-6-9-4-3-7/h8-10H,2-7H2,1H3;7H,2-6H2,1H3. The molecule has 0 aliphatic rings. The van der Waals surface area contributed by atoms with Gasteiger partial charge in [0.25, 0.3) is 0 Å². The number of rotatable bonds is 13. The van der Waals surface area contributed by atoms with Crippen LogP contribution in [0.2, 0.25) is 0 Å². The highest BCUT2D eigenvalue weighted by molar-refractivity contribution is 4.52. The highest BCUT2D eigenvalue weighted by Gasteiger charge is 2.01. The summed E-state index contributed by atoms with van der Waals surface area (Å²) in [7, 11) is 0. The molecule has 20 heavy (non-hydrogen) atoms. The van der Waals surface area contributed by atoms with Crippen molar-refractivity contribution in [3.05, 3.63) is 0 Å². The van der Waals surface area contributed by atoms with Gasteiger partial charge in [0.15, 0.2) is 0 Å². The number of aliphatic hydroxyl groups is 3. The molecule has 0 spiro atoms. The molecule has 0 aromatic heterocycles. The fourth-order valence-electron chi connectivity index (χ4n) is 1.24. The lowest BCUT2D eigenvalue weighted by atomic mass is 10.2. The van der Waals surface area contributed by atoms with Gasteiger partial charge in [-0.05, 0) is 13.3 Å². The fourth-order valence-corrected chi connectivity index (χ4v) is 1.24. The number of ether oxygens (including phenoxy) is 3. The molecule has 0 aromatic carbocycles. The monoisotopic (exact) mass is 296 g/mol. The summed E-state index contributed by atoms with van der Waals surface area (Å²) in [5, 5.41) is 25.8. The summed E-state index contributed by atoms with van der Waals surface area (Å²) in [6, 6.07) is 0. The van der Waals surface area contributed by atoms with Gasteiger partial charge in [0, 0.05) is 6.61 Å². The first-order valence-electron chi connectivity index (χ1n) is 7.35. The van der Waals surface area contributed by atoms with Crippen LogP contribution in [0, 0.1) is 0 Å². The number of hydrogen-bond donors (Lipinski definition) is 3. The quantitative estimate of drug-likeness (QED) is 0.431. The Kier molecular flexibility index (Phi) is 23.2. The number of unbranched alkanes of at least 4 members (excludes halogenated alkanes) is 1. The predicted octanol–water partition coefficient (Wildman–Crippen LogP) is 0.578. The van der Waals surface area contributed by atoms with Gasteiger partial charge in [-0.1, -0.05) is 19.8 Å². The van der Waals surface area contributed by atoms with Crippen LogP contribution in [0.25, 0.3) is 0 Å². The second-order valence-electron chi connectivity index (χ2n) is 4.13. The Hall–Kier alpha value is -0.240. The van der Waals surface area contributed by atoms with E-state index in [2.05, 4.69) is 6.92 Å². The van der Waals surface area contributed by atoms with Crippen LogP contribution in [0.3, 0.4) is 0 Å². The van der Waals surface area contributed by atoms with Crippen molar-refractivity contribution in [2.24, 2.45) is 0 Å². The number of hydrogen-bond acceptors (Lipinski definition) is 6. The van der Waals surface area contributed by atoms with Crippen LogP contribution in [-0.4, -0.2) is 74.3 Å². The third-order valence-corrected chi connectivity index (χ3v) is 2.25. The zero-order valence-corrected chi connectivity index (χ0v) is 12.9. The largest absolute Gasteiger partial charge is 0.394 e. The van der Waals surface area contributed by atoms with E-state index in [-0.39, 0.29) is 19.3 Å². The molecule has 0 aliphatic carbocycles. The Balaban J connectivity index is 0. The Labute approximate surface area is 122 Å². The molecule has 0 aliphatic heterocycles. The van der Waals surface area contributed by atoms with Gasteiger partial charge in [-0.2, -0.15) is 0 Å². The topological polar surface area (TPSA) is 88.4 Å². The van der Waals surface area contributed by atoms with Gasteiger partial charge in [-0.3, -0.25) is 0 Å². The lowest BCUT2D eigenvalue weighted by Crippen LogP contribution is -2.16. The number of aliphatic hydroxyl groups excluding tert-OH is 3. The van der Waals surface area contributed by atoms with Crippen molar-refractivity contribution in [3.8, 4) is 0 Å². The molecule has 0 amide bonds. The van der Waals surface area contributed by atoms with Crippen LogP contribution in [0.1, 0.15) is 33.1 Å². The van der Waals surface area contributed by atoms with Gasteiger partial charge in [0.1, 0.15) is 0 Å². The van der Waals surface area contributed by atoms with Gasteiger partial charge < -0.3 is 29.5 Å². The average molecular weight is 296 g/mol. The van der Waals surface area contributed by atoms with Crippen LogP contribution in [0.15, 0.2) is 0 Å². The summed E-state index contributed by atoms with van der Waals surface area (Å²) in [5.41, 5.74) is 0. The van der Waals surface area contributed by atoms with E-state index >= 15 is 0 Å². The maximum absolute atomic E-state index is 9.20. The minimum atomic E-state index is -0.360. The summed E-state index contributed by atoms with van der Waals surface area (Å²) >= 11 is 0. The van der Waals surface area contributed by atoms with E-state index in [1.165, 1.54) is 0 Å². The first-order valence-corrected chi connectivity index (χ1v) is 7.35. The van der Waals surface area contributed by atoms with Crippen molar-refractivity contribution in [1.82, 2.24) is 0 Å². The van der Waals surface area contributed by atoms with Gasteiger partial charge >= 0.3 is 0 Å². The van der Waals surface area contributed by atoms with Crippen molar-refractivity contribution in [3.63, 3.8) is 0 Å². The Morgan fingerprint density at radius 3 is 2.00 bits per heavy atom. The van der Waals surface area contributed by atoms with Gasteiger partial charge in [-0.15, -0.1) is 0 Å². The normalized spacial score (nSPS) is 11.8. The Morgan fingerprint density at radius 2 is 1.45 bits per heavy atom. The second-order valence-corrected chi connectivity index (χ2v) is 4.13. The van der Waals surface area contributed by atoms with Crippen LogP contribution < -0.4 is 0 Å². The summed E-state index contributed by atoms with van der Waals surface area (Å²) in [5.74, 6) is 0. The fraction of sp³-hybridized carbons (Fsp3) is 1.00. The van der Waals surface area contributed by atoms with E-state index < -0.39 is 0 Å². The lowest BCUT2D eigenvalue weighted by molar-refractivity contribution is 0.0172. The van der Waals surface area contributed by atoms with Crippen molar-refractivity contribution in [2.75, 3.05) is 52.9 Å². The molecule has 1 atom stereocenters. The molecule has 0 aromatic rings. The van der Waals surface area contributed by atoms with Crippen LogP contribution >= 0.6 is 0 Å². The maximum Gasteiger partial charge on any atom is 0.0773 e. The SMILES string of the molecule is CCCCC(O)COCCO.CCOCCOCCO. The van der Waals surface area contributed by atoms with E-state index in [0.717, 1.165) is 25.9 Å². The molecule has 0 radical (unpaired) electrons. The van der Waals surface area contributed by atoms with E-state index in [4.69, 9.17) is 24.4 Å². The second kappa shape index (κ2) is 21.1. The van der Waals surface area contributed by atoms with Crippen molar-refractivity contribution in [1.29, 1.82) is 0 Å². The highest BCUT2D eigenvalue weighted by Crippen LogP contribution is 2.00. The smallest absolute Gasteiger partial charge is 0.0773 e.